The standard InChI is InChI=1S/C12H14N2O4/c1-7-8(4-5-18-7)10(16)14-6-9(15)13-11(17)12(14,2)3/h4-5H,6H2,1-3H3,(H,13,15,17). The van der Waals surface area contributed by atoms with Gasteiger partial charge in [0.1, 0.15) is 17.8 Å². The van der Waals surface area contributed by atoms with Crippen LogP contribution in [0.25, 0.3) is 0 Å². The van der Waals surface area contributed by atoms with E-state index in [0.29, 0.717) is 11.3 Å². The quantitative estimate of drug-likeness (QED) is 0.734. The number of nitrogens with one attached hydrogen (secondary N) is 1. The van der Waals surface area contributed by atoms with Crippen molar-refractivity contribution in [2.45, 2.75) is 26.3 Å². The van der Waals surface area contributed by atoms with Gasteiger partial charge in [0, 0.05) is 0 Å². The number of carbonyl (C=O) groups is 3. The Bertz CT molecular complexity index is 530. The molecule has 0 unspecified atom stereocenters. The van der Waals surface area contributed by atoms with Crippen LogP contribution in [0.15, 0.2) is 16.7 Å². The van der Waals surface area contributed by atoms with Crippen LogP contribution in [0.5, 0.6) is 0 Å². The summed E-state index contributed by atoms with van der Waals surface area (Å²) in [5.41, 5.74) is -0.695. The molecule has 1 fully saturated rings. The summed E-state index contributed by atoms with van der Waals surface area (Å²) in [6.45, 7) is 4.72. The minimum Gasteiger partial charge on any atom is -0.469 e. The van der Waals surface area contributed by atoms with E-state index in [1.807, 2.05) is 0 Å². The van der Waals surface area contributed by atoms with E-state index in [9.17, 15) is 14.4 Å². The monoisotopic (exact) mass is 250 g/mol. The van der Waals surface area contributed by atoms with Gasteiger partial charge in [0.05, 0.1) is 11.8 Å². The predicted octanol–water partition coefficient (Wildman–Crippen LogP) is 0.465. The maximum atomic E-state index is 12.3. The molecular formula is C12H14N2O4. The van der Waals surface area contributed by atoms with Crippen LogP contribution in [0, 0.1) is 6.92 Å². The van der Waals surface area contributed by atoms with Crippen molar-refractivity contribution in [3.63, 3.8) is 0 Å². The summed E-state index contributed by atoms with van der Waals surface area (Å²) in [7, 11) is 0. The molecule has 3 amide bonds. The molecule has 0 bridgehead atoms. The molecule has 96 valence electrons. The van der Waals surface area contributed by atoms with Gasteiger partial charge >= 0.3 is 0 Å². The average Bonchev–Trinajstić information content (AvgIpc) is 2.69. The number of carbonyl (C=O) groups excluding carboxylic acids is 3. The van der Waals surface area contributed by atoms with E-state index in [0.717, 1.165) is 0 Å². The molecule has 1 aromatic rings. The number of aryl methyl sites for hydroxylation is 1. The van der Waals surface area contributed by atoms with Crippen molar-refractivity contribution < 1.29 is 18.8 Å². The molecule has 18 heavy (non-hydrogen) atoms. The maximum Gasteiger partial charge on any atom is 0.258 e. The Morgan fingerprint density at radius 1 is 1.44 bits per heavy atom. The molecule has 6 heteroatoms. The summed E-state index contributed by atoms with van der Waals surface area (Å²) < 4.78 is 5.07. The molecule has 0 atom stereocenters. The summed E-state index contributed by atoms with van der Waals surface area (Å²) >= 11 is 0. The molecule has 1 aliphatic heterocycles. The Morgan fingerprint density at radius 2 is 2.11 bits per heavy atom. The highest BCUT2D eigenvalue weighted by Crippen LogP contribution is 2.22. The van der Waals surface area contributed by atoms with Crippen LogP contribution >= 0.6 is 0 Å². The fourth-order valence-electron chi connectivity index (χ4n) is 1.86. The molecule has 6 nitrogen and oxygen atoms in total. The van der Waals surface area contributed by atoms with Crippen LogP contribution < -0.4 is 5.32 Å². The second-order valence-corrected chi connectivity index (χ2v) is 4.72. The fourth-order valence-corrected chi connectivity index (χ4v) is 1.86. The van der Waals surface area contributed by atoms with Crippen molar-refractivity contribution in [2.24, 2.45) is 0 Å². The van der Waals surface area contributed by atoms with E-state index in [2.05, 4.69) is 5.32 Å². The SMILES string of the molecule is Cc1occc1C(=O)N1CC(=O)NC(=O)C1(C)C. The first-order valence-electron chi connectivity index (χ1n) is 5.54. The van der Waals surface area contributed by atoms with Gasteiger partial charge in [-0.15, -0.1) is 0 Å². The number of piperazine rings is 1. The van der Waals surface area contributed by atoms with E-state index in [-0.39, 0.29) is 12.5 Å². The Kier molecular flexibility index (Phi) is 2.73. The number of nitrogens with zero attached hydrogens (tertiary/aromatic N) is 1. The first-order valence-corrected chi connectivity index (χ1v) is 5.54. The van der Waals surface area contributed by atoms with E-state index >= 15 is 0 Å². The Morgan fingerprint density at radius 3 is 2.67 bits per heavy atom. The molecule has 0 aromatic carbocycles. The normalized spacial score (nSPS) is 18.7. The van der Waals surface area contributed by atoms with Crippen LogP contribution in [0.3, 0.4) is 0 Å². The lowest BCUT2D eigenvalue weighted by atomic mass is 9.97. The minimum atomic E-state index is -1.06. The van der Waals surface area contributed by atoms with E-state index in [1.165, 1.54) is 17.2 Å². The van der Waals surface area contributed by atoms with Gasteiger partial charge in [-0.05, 0) is 26.8 Å². The van der Waals surface area contributed by atoms with Crippen molar-refractivity contribution in [1.82, 2.24) is 10.2 Å². The zero-order valence-electron chi connectivity index (χ0n) is 10.4. The molecule has 0 saturated carbocycles. The van der Waals surface area contributed by atoms with Crippen LogP contribution in [-0.2, 0) is 9.59 Å². The highest BCUT2D eigenvalue weighted by Gasteiger charge is 2.44. The molecule has 1 saturated heterocycles. The van der Waals surface area contributed by atoms with Gasteiger partial charge in [-0.25, -0.2) is 0 Å². The van der Waals surface area contributed by atoms with Crippen molar-refractivity contribution in [1.29, 1.82) is 0 Å². The third-order valence-electron chi connectivity index (χ3n) is 3.12. The molecule has 0 spiro atoms. The number of furan rings is 1. The summed E-state index contributed by atoms with van der Waals surface area (Å²) in [5.74, 6) is -0.870. The van der Waals surface area contributed by atoms with Crippen molar-refractivity contribution in [2.75, 3.05) is 6.54 Å². The highest BCUT2D eigenvalue weighted by molar-refractivity contribution is 6.09. The van der Waals surface area contributed by atoms with E-state index < -0.39 is 17.4 Å². The van der Waals surface area contributed by atoms with Gasteiger partial charge < -0.3 is 9.32 Å². The summed E-state index contributed by atoms with van der Waals surface area (Å²) in [4.78, 5) is 36.7. The average molecular weight is 250 g/mol. The lowest BCUT2D eigenvalue weighted by Crippen LogP contribution is -2.65. The summed E-state index contributed by atoms with van der Waals surface area (Å²) in [6.07, 6.45) is 1.40. The molecule has 1 N–H and O–H groups in total. The van der Waals surface area contributed by atoms with Gasteiger partial charge in [0.2, 0.25) is 5.91 Å². The summed E-state index contributed by atoms with van der Waals surface area (Å²) in [6, 6.07) is 1.53. The maximum absolute atomic E-state index is 12.3. The molecular weight excluding hydrogens is 236 g/mol. The Labute approximate surface area is 104 Å². The molecule has 2 rings (SSSR count). The van der Waals surface area contributed by atoms with Crippen LogP contribution in [0.2, 0.25) is 0 Å². The van der Waals surface area contributed by atoms with Gasteiger partial charge in [-0.2, -0.15) is 0 Å². The zero-order valence-corrected chi connectivity index (χ0v) is 10.4. The predicted molar refractivity (Wildman–Crippen MR) is 61.7 cm³/mol. The van der Waals surface area contributed by atoms with E-state index in [1.54, 1.807) is 20.8 Å². The highest BCUT2D eigenvalue weighted by atomic mass is 16.3. The van der Waals surface area contributed by atoms with Crippen LogP contribution in [-0.4, -0.2) is 34.7 Å². The molecule has 1 aromatic heterocycles. The van der Waals surface area contributed by atoms with Gasteiger partial charge in [-0.1, -0.05) is 0 Å². The Balaban J connectivity index is 2.37. The van der Waals surface area contributed by atoms with Gasteiger partial charge in [-0.3, -0.25) is 19.7 Å². The number of imide groups is 1. The van der Waals surface area contributed by atoms with Crippen molar-refractivity contribution in [3.05, 3.63) is 23.7 Å². The number of hydrogen-bond donors (Lipinski definition) is 1. The summed E-state index contributed by atoms with van der Waals surface area (Å²) in [5, 5.41) is 2.22. The van der Waals surface area contributed by atoms with Crippen molar-refractivity contribution in [3.8, 4) is 0 Å². The fraction of sp³-hybridized carbons (Fsp3) is 0.417. The molecule has 0 radical (unpaired) electrons. The number of rotatable bonds is 1. The van der Waals surface area contributed by atoms with Crippen LogP contribution in [0.1, 0.15) is 30.0 Å². The number of amides is 3. The second-order valence-electron chi connectivity index (χ2n) is 4.72. The third kappa shape index (κ3) is 1.79. The first kappa shape index (κ1) is 12.3. The van der Waals surface area contributed by atoms with Gasteiger partial charge in [0.15, 0.2) is 0 Å². The first-order chi connectivity index (χ1) is 8.34. The van der Waals surface area contributed by atoms with E-state index in [4.69, 9.17) is 4.42 Å². The topological polar surface area (TPSA) is 79.6 Å². The second kappa shape index (κ2) is 3.97. The van der Waals surface area contributed by atoms with Crippen molar-refractivity contribution >= 4 is 17.7 Å². The molecule has 1 aliphatic rings. The lowest BCUT2D eigenvalue weighted by molar-refractivity contribution is -0.143. The molecule has 0 aliphatic carbocycles. The van der Waals surface area contributed by atoms with Crippen LogP contribution in [0.4, 0.5) is 0 Å². The zero-order chi connectivity index (χ0) is 13.5. The number of hydrogen-bond acceptors (Lipinski definition) is 4. The third-order valence-corrected chi connectivity index (χ3v) is 3.12. The Hall–Kier alpha value is -2.11. The smallest absolute Gasteiger partial charge is 0.258 e. The lowest BCUT2D eigenvalue weighted by Gasteiger charge is -2.39. The minimum absolute atomic E-state index is 0.137. The molecule has 2 heterocycles. The van der Waals surface area contributed by atoms with Gasteiger partial charge in [0.25, 0.3) is 11.8 Å². The largest absolute Gasteiger partial charge is 0.469 e.